The SMILES string of the molecule is COc1cc2c(cc1N=O)N(P)C[C@@H]1Cc3ccccc3N1C2=O. The van der Waals surface area contributed by atoms with Gasteiger partial charge in [0.2, 0.25) is 0 Å². The van der Waals surface area contributed by atoms with Crippen LogP contribution in [0.5, 0.6) is 5.75 Å². The molecule has 0 aromatic heterocycles. The molecule has 24 heavy (non-hydrogen) atoms. The molecule has 0 bridgehead atoms. The highest BCUT2D eigenvalue weighted by Crippen LogP contribution is 2.42. The fraction of sp³-hybridized carbons (Fsp3) is 0.235. The fourth-order valence-corrected chi connectivity index (χ4v) is 3.99. The van der Waals surface area contributed by atoms with E-state index >= 15 is 0 Å². The predicted octanol–water partition coefficient (Wildman–Crippen LogP) is 3.27. The topological polar surface area (TPSA) is 62.2 Å². The first-order chi connectivity index (χ1) is 11.6. The van der Waals surface area contributed by atoms with E-state index < -0.39 is 0 Å². The number of hydrogen-bond donors (Lipinski definition) is 0. The number of carbonyl (C=O) groups is 1. The molecule has 0 N–H and O–H groups in total. The van der Waals surface area contributed by atoms with Gasteiger partial charge in [-0.2, -0.15) is 0 Å². The van der Waals surface area contributed by atoms with Crippen LogP contribution in [0.2, 0.25) is 0 Å². The van der Waals surface area contributed by atoms with Crippen molar-refractivity contribution in [3.8, 4) is 5.75 Å². The van der Waals surface area contributed by atoms with Gasteiger partial charge in [-0.05, 0) is 44.8 Å². The van der Waals surface area contributed by atoms with Crippen molar-refractivity contribution in [2.45, 2.75) is 12.5 Å². The van der Waals surface area contributed by atoms with Crippen LogP contribution in [-0.2, 0) is 6.42 Å². The monoisotopic (exact) mass is 341 g/mol. The molecule has 122 valence electrons. The van der Waals surface area contributed by atoms with E-state index in [0.29, 0.717) is 23.5 Å². The average Bonchev–Trinajstić information content (AvgIpc) is 2.93. The Morgan fingerprint density at radius 3 is 2.79 bits per heavy atom. The minimum atomic E-state index is -0.0827. The van der Waals surface area contributed by atoms with E-state index in [0.717, 1.165) is 12.1 Å². The van der Waals surface area contributed by atoms with Crippen LogP contribution in [0.3, 0.4) is 0 Å². The van der Waals surface area contributed by atoms with Crippen molar-refractivity contribution in [2.24, 2.45) is 5.18 Å². The maximum Gasteiger partial charge on any atom is 0.260 e. The van der Waals surface area contributed by atoms with Crippen LogP contribution in [0.1, 0.15) is 15.9 Å². The molecule has 1 unspecified atom stereocenters. The summed E-state index contributed by atoms with van der Waals surface area (Å²) in [6.07, 6.45) is 0.816. The number of carbonyl (C=O) groups excluding carboxylic acids is 1. The normalized spacial score (nSPS) is 18.6. The first kappa shape index (κ1) is 15.1. The lowest BCUT2D eigenvalue weighted by atomic mass is 10.1. The summed E-state index contributed by atoms with van der Waals surface area (Å²) in [6.45, 7) is 0.655. The fourth-order valence-electron chi connectivity index (χ4n) is 3.54. The van der Waals surface area contributed by atoms with Crippen LogP contribution in [0.4, 0.5) is 17.1 Å². The number of nitroso groups, excluding NO2 is 1. The Labute approximate surface area is 141 Å². The molecule has 2 heterocycles. The molecule has 0 radical (unpaired) electrons. The molecule has 6 nitrogen and oxygen atoms in total. The van der Waals surface area contributed by atoms with Gasteiger partial charge in [-0.25, -0.2) is 0 Å². The molecule has 0 aliphatic carbocycles. The Morgan fingerprint density at radius 2 is 2.04 bits per heavy atom. The lowest BCUT2D eigenvalue weighted by molar-refractivity contribution is 0.0983. The van der Waals surface area contributed by atoms with Gasteiger partial charge in [0.25, 0.3) is 5.91 Å². The summed E-state index contributed by atoms with van der Waals surface area (Å²) in [6, 6.07) is 11.2. The number of rotatable bonds is 2. The number of para-hydroxylation sites is 1. The van der Waals surface area contributed by atoms with Crippen molar-refractivity contribution in [2.75, 3.05) is 23.2 Å². The Hall–Kier alpha value is -2.46. The summed E-state index contributed by atoms with van der Waals surface area (Å²) >= 11 is 0. The predicted molar refractivity (Wildman–Crippen MR) is 96.2 cm³/mol. The van der Waals surface area contributed by atoms with Crippen molar-refractivity contribution in [1.82, 2.24) is 0 Å². The van der Waals surface area contributed by atoms with Crippen molar-refractivity contribution < 1.29 is 9.53 Å². The molecule has 4 rings (SSSR count). The van der Waals surface area contributed by atoms with Gasteiger partial charge in [-0.15, -0.1) is 4.91 Å². The number of fused-ring (bicyclic) bond motifs is 4. The smallest absolute Gasteiger partial charge is 0.260 e. The highest BCUT2D eigenvalue weighted by atomic mass is 31.0. The second-order valence-electron chi connectivity index (χ2n) is 5.95. The highest BCUT2D eigenvalue weighted by Gasteiger charge is 2.39. The van der Waals surface area contributed by atoms with E-state index in [2.05, 4.69) is 20.6 Å². The standard InChI is InChI=1S/C17H16N3O3P/c1-23-16-7-12-15(8-13(16)18-22)19(24)9-11-6-10-4-2-3-5-14(10)20(11)17(12)21/h2-5,7-8,11H,6,9,24H2,1H3/t11-/m0/s1. The van der Waals surface area contributed by atoms with Gasteiger partial charge in [0.1, 0.15) is 5.75 Å². The number of methoxy groups -OCH3 is 1. The molecule has 2 aromatic carbocycles. The molecule has 2 atom stereocenters. The van der Waals surface area contributed by atoms with Crippen LogP contribution < -0.4 is 14.3 Å². The van der Waals surface area contributed by atoms with Gasteiger partial charge < -0.3 is 14.3 Å². The summed E-state index contributed by atoms with van der Waals surface area (Å²) in [5.41, 5.74) is 3.51. The Balaban J connectivity index is 1.89. The van der Waals surface area contributed by atoms with E-state index in [1.54, 1.807) is 12.1 Å². The summed E-state index contributed by atoms with van der Waals surface area (Å²) in [7, 11) is 4.10. The third kappa shape index (κ3) is 2.10. The molecule has 2 aliphatic heterocycles. The Bertz CT molecular complexity index is 855. The van der Waals surface area contributed by atoms with Crippen molar-refractivity contribution in [3.05, 3.63) is 52.4 Å². The number of ether oxygens (including phenoxy) is 1. The molecule has 2 aromatic rings. The second kappa shape index (κ2) is 5.56. The van der Waals surface area contributed by atoms with Crippen LogP contribution >= 0.6 is 9.39 Å². The third-order valence-corrected chi connectivity index (χ3v) is 5.12. The molecular formula is C17H16N3O3P. The Morgan fingerprint density at radius 1 is 1.25 bits per heavy atom. The van der Waals surface area contributed by atoms with Crippen LogP contribution in [0.25, 0.3) is 0 Å². The maximum atomic E-state index is 13.2. The minimum absolute atomic E-state index is 0.0541. The first-order valence-electron chi connectivity index (χ1n) is 7.63. The van der Waals surface area contributed by atoms with Gasteiger partial charge in [0.05, 0.1) is 24.4 Å². The molecule has 2 aliphatic rings. The van der Waals surface area contributed by atoms with Crippen LogP contribution in [-0.4, -0.2) is 25.6 Å². The van der Waals surface area contributed by atoms with Crippen molar-refractivity contribution >= 4 is 32.4 Å². The van der Waals surface area contributed by atoms with Gasteiger partial charge >= 0.3 is 0 Å². The largest absolute Gasteiger partial charge is 0.494 e. The summed E-state index contributed by atoms with van der Waals surface area (Å²) < 4.78 is 7.15. The van der Waals surface area contributed by atoms with Crippen molar-refractivity contribution in [1.29, 1.82) is 0 Å². The molecule has 0 saturated carbocycles. The van der Waals surface area contributed by atoms with E-state index in [1.165, 1.54) is 12.7 Å². The van der Waals surface area contributed by atoms with Gasteiger partial charge in [0, 0.05) is 12.2 Å². The zero-order valence-electron chi connectivity index (χ0n) is 13.1. The third-order valence-electron chi connectivity index (χ3n) is 4.63. The zero-order valence-corrected chi connectivity index (χ0v) is 14.3. The van der Waals surface area contributed by atoms with Gasteiger partial charge in [0.15, 0.2) is 5.69 Å². The second-order valence-corrected chi connectivity index (χ2v) is 6.57. The average molecular weight is 341 g/mol. The van der Waals surface area contributed by atoms with Gasteiger partial charge in [-0.1, -0.05) is 18.2 Å². The van der Waals surface area contributed by atoms with E-state index in [9.17, 15) is 9.70 Å². The van der Waals surface area contributed by atoms with E-state index in [4.69, 9.17) is 4.74 Å². The lowest BCUT2D eigenvalue weighted by Gasteiger charge is -2.24. The number of anilines is 2. The Kier molecular flexibility index (Phi) is 3.50. The summed E-state index contributed by atoms with van der Waals surface area (Å²) in [5, 5.41) is 3.01. The van der Waals surface area contributed by atoms with E-state index in [-0.39, 0.29) is 17.6 Å². The van der Waals surface area contributed by atoms with Crippen LogP contribution in [0.15, 0.2) is 41.6 Å². The van der Waals surface area contributed by atoms with E-state index in [1.807, 2.05) is 27.8 Å². The molecular weight excluding hydrogens is 325 g/mol. The zero-order chi connectivity index (χ0) is 16.8. The quantitative estimate of drug-likeness (QED) is 0.621. The summed E-state index contributed by atoms with van der Waals surface area (Å²) in [5.74, 6) is 0.224. The first-order valence-corrected chi connectivity index (χ1v) is 8.14. The molecule has 0 spiro atoms. The number of hydrogen-bond acceptors (Lipinski definition) is 5. The highest BCUT2D eigenvalue weighted by molar-refractivity contribution is 7.19. The minimum Gasteiger partial charge on any atom is -0.494 e. The molecule has 7 heteroatoms. The summed E-state index contributed by atoms with van der Waals surface area (Å²) in [4.78, 5) is 26.1. The maximum absolute atomic E-state index is 13.2. The molecule has 0 saturated heterocycles. The van der Waals surface area contributed by atoms with Crippen molar-refractivity contribution in [3.63, 3.8) is 0 Å². The lowest BCUT2D eigenvalue weighted by Crippen LogP contribution is -2.40. The number of nitrogens with zero attached hydrogens (tertiary/aromatic N) is 3. The number of benzene rings is 2. The van der Waals surface area contributed by atoms with Gasteiger partial charge in [-0.3, -0.25) is 4.79 Å². The van der Waals surface area contributed by atoms with Crippen LogP contribution in [0, 0.1) is 4.91 Å². The number of amides is 1. The molecule has 1 amide bonds. The molecule has 0 fully saturated rings.